The Hall–Kier alpha value is -1.65. The van der Waals surface area contributed by atoms with Gasteiger partial charge in [-0.1, -0.05) is 6.42 Å². The second kappa shape index (κ2) is 3.98. The predicted octanol–water partition coefficient (Wildman–Crippen LogP) is 2.14. The van der Waals surface area contributed by atoms with Crippen molar-refractivity contribution in [2.75, 3.05) is 11.4 Å². The molecule has 1 spiro atoms. The molecule has 2 heterocycles. The molecule has 0 radical (unpaired) electrons. The number of nitrogens with zero attached hydrogens (tertiary/aromatic N) is 3. The SMILES string of the molecule is O=C1OC2(CCCCC2)CN1c1cccnn1. The van der Waals surface area contributed by atoms with Gasteiger partial charge in [0.25, 0.3) is 0 Å². The lowest BCUT2D eigenvalue weighted by Crippen LogP contribution is -2.36. The van der Waals surface area contributed by atoms with Crippen LogP contribution in [0.25, 0.3) is 0 Å². The Morgan fingerprint density at radius 2 is 2.12 bits per heavy atom. The number of hydrogen-bond acceptors (Lipinski definition) is 4. The molecule has 1 saturated carbocycles. The average Bonchev–Trinajstić information content (AvgIpc) is 2.68. The number of hydrogen-bond donors (Lipinski definition) is 0. The molecule has 2 fully saturated rings. The second-order valence-corrected chi connectivity index (χ2v) is 4.78. The van der Waals surface area contributed by atoms with Gasteiger partial charge in [-0.3, -0.25) is 4.90 Å². The highest BCUT2D eigenvalue weighted by atomic mass is 16.6. The molecular formula is C12H15N3O2. The number of anilines is 1. The third-order valence-electron chi connectivity index (χ3n) is 3.57. The summed E-state index contributed by atoms with van der Waals surface area (Å²) < 4.78 is 5.58. The van der Waals surface area contributed by atoms with Gasteiger partial charge in [-0.25, -0.2) is 4.79 Å². The van der Waals surface area contributed by atoms with Crippen LogP contribution in [0.5, 0.6) is 0 Å². The van der Waals surface area contributed by atoms with Crippen molar-refractivity contribution in [1.29, 1.82) is 0 Å². The van der Waals surface area contributed by atoms with E-state index >= 15 is 0 Å². The Morgan fingerprint density at radius 1 is 1.29 bits per heavy atom. The molecule has 2 aliphatic rings. The summed E-state index contributed by atoms with van der Waals surface area (Å²) in [6.45, 7) is 0.616. The first-order chi connectivity index (χ1) is 8.29. The standard InChI is InChI=1S/C12H15N3O2/c16-11-15(10-5-4-8-13-14-10)9-12(17-11)6-2-1-3-7-12/h4-5,8H,1-3,6-7,9H2. The summed E-state index contributed by atoms with van der Waals surface area (Å²) in [5.41, 5.74) is -0.271. The van der Waals surface area contributed by atoms with Crippen LogP contribution in [-0.4, -0.2) is 28.4 Å². The minimum atomic E-state index is -0.285. The predicted molar refractivity (Wildman–Crippen MR) is 61.7 cm³/mol. The van der Waals surface area contributed by atoms with Crippen molar-refractivity contribution < 1.29 is 9.53 Å². The van der Waals surface area contributed by atoms with Gasteiger partial charge >= 0.3 is 6.09 Å². The lowest BCUT2D eigenvalue weighted by Gasteiger charge is -2.30. The fraction of sp³-hybridized carbons (Fsp3) is 0.583. The first-order valence-corrected chi connectivity index (χ1v) is 6.07. The Morgan fingerprint density at radius 3 is 2.82 bits per heavy atom. The van der Waals surface area contributed by atoms with Gasteiger partial charge in [-0.15, -0.1) is 5.10 Å². The molecule has 3 rings (SSSR count). The Balaban J connectivity index is 1.82. The fourth-order valence-electron chi connectivity index (χ4n) is 2.69. The van der Waals surface area contributed by atoms with E-state index in [1.807, 2.05) is 0 Å². The number of aromatic nitrogens is 2. The zero-order valence-corrected chi connectivity index (χ0v) is 9.63. The van der Waals surface area contributed by atoms with Gasteiger partial charge in [0.1, 0.15) is 5.60 Å². The third-order valence-corrected chi connectivity index (χ3v) is 3.57. The van der Waals surface area contributed by atoms with Crippen LogP contribution < -0.4 is 4.90 Å². The number of rotatable bonds is 1. The summed E-state index contributed by atoms with van der Waals surface area (Å²) in [7, 11) is 0. The summed E-state index contributed by atoms with van der Waals surface area (Å²) in [6, 6.07) is 3.57. The quantitative estimate of drug-likeness (QED) is 0.745. The molecule has 0 aromatic carbocycles. The van der Waals surface area contributed by atoms with Crippen molar-refractivity contribution in [2.24, 2.45) is 0 Å². The van der Waals surface area contributed by atoms with Gasteiger partial charge in [0.15, 0.2) is 5.82 Å². The Labute approximate surface area is 99.8 Å². The molecule has 17 heavy (non-hydrogen) atoms. The van der Waals surface area contributed by atoms with E-state index in [1.54, 1.807) is 23.2 Å². The van der Waals surface area contributed by atoms with Crippen molar-refractivity contribution in [2.45, 2.75) is 37.7 Å². The zero-order chi connectivity index (χ0) is 11.7. The summed E-state index contributed by atoms with van der Waals surface area (Å²) in [5, 5.41) is 7.76. The average molecular weight is 233 g/mol. The second-order valence-electron chi connectivity index (χ2n) is 4.78. The Bertz CT molecular complexity index is 415. The lowest BCUT2D eigenvalue weighted by molar-refractivity contribution is 0.0260. The molecule has 1 amide bonds. The number of amides is 1. The topological polar surface area (TPSA) is 55.3 Å². The minimum Gasteiger partial charge on any atom is -0.441 e. The molecule has 1 aromatic heterocycles. The Kier molecular flexibility index (Phi) is 2.46. The van der Waals surface area contributed by atoms with Gasteiger partial charge < -0.3 is 4.74 Å². The zero-order valence-electron chi connectivity index (χ0n) is 9.63. The molecule has 0 atom stereocenters. The van der Waals surface area contributed by atoms with Crippen LogP contribution in [0.1, 0.15) is 32.1 Å². The monoisotopic (exact) mass is 233 g/mol. The van der Waals surface area contributed by atoms with Crippen LogP contribution >= 0.6 is 0 Å². The van der Waals surface area contributed by atoms with Crippen LogP contribution in [0, 0.1) is 0 Å². The van der Waals surface area contributed by atoms with Crippen LogP contribution in [0.15, 0.2) is 18.3 Å². The van der Waals surface area contributed by atoms with Crippen molar-refractivity contribution in [3.8, 4) is 0 Å². The van der Waals surface area contributed by atoms with E-state index in [0.29, 0.717) is 12.4 Å². The smallest absolute Gasteiger partial charge is 0.416 e. The normalized spacial score (nSPS) is 22.8. The van der Waals surface area contributed by atoms with E-state index in [2.05, 4.69) is 10.2 Å². The fourth-order valence-corrected chi connectivity index (χ4v) is 2.69. The van der Waals surface area contributed by atoms with Crippen LogP contribution in [0.3, 0.4) is 0 Å². The highest BCUT2D eigenvalue weighted by Gasteiger charge is 2.46. The maximum Gasteiger partial charge on any atom is 0.416 e. The molecule has 1 aromatic rings. The van der Waals surface area contributed by atoms with Crippen molar-refractivity contribution in [3.63, 3.8) is 0 Å². The van der Waals surface area contributed by atoms with E-state index in [4.69, 9.17) is 4.74 Å². The molecule has 0 bridgehead atoms. The third kappa shape index (κ3) is 1.85. The van der Waals surface area contributed by atoms with Gasteiger partial charge in [0.05, 0.1) is 6.54 Å². The van der Waals surface area contributed by atoms with E-state index in [9.17, 15) is 4.79 Å². The molecular weight excluding hydrogens is 218 g/mol. The van der Waals surface area contributed by atoms with Gasteiger partial charge in [-0.05, 0) is 37.8 Å². The highest BCUT2D eigenvalue weighted by Crippen LogP contribution is 2.38. The highest BCUT2D eigenvalue weighted by molar-refractivity contribution is 5.89. The molecule has 0 unspecified atom stereocenters. The van der Waals surface area contributed by atoms with Gasteiger partial charge in [-0.2, -0.15) is 5.10 Å². The lowest BCUT2D eigenvalue weighted by atomic mass is 9.85. The minimum absolute atomic E-state index is 0.271. The summed E-state index contributed by atoms with van der Waals surface area (Å²) in [5.74, 6) is 0.583. The largest absolute Gasteiger partial charge is 0.441 e. The maximum absolute atomic E-state index is 11.9. The van der Waals surface area contributed by atoms with Gasteiger partial charge in [0.2, 0.25) is 0 Å². The van der Waals surface area contributed by atoms with Crippen molar-refractivity contribution in [1.82, 2.24) is 10.2 Å². The van der Waals surface area contributed by atoms with Crippen molar-refractivity contribution in [3.05, 3.63) is 18.3 Å². The number of ether oxygens (including phenoxy) is 1. The molecule has 90 valence electrons. The summed E-state index contributed by atoms with van der Waals surface area (Å²) >= 11 is 0. The van der Waals surface area contributed by atoms with E-state index in [1.165, 1.54) is 6.42 Å². The molecule has 5 heteroatoms. The first kappa shape index (κ1) is 10.5. The van der Waals surface area contributed by atoms with Crippen LogP contribution in [0.4, 0.5) is 10.6 Å². The van der Waals surface area contributed by atoms with Gasteiger partial charge in [0, 0.05) is 6.20 Å². The van der Waals surface area contributed by atoms with E-state index in [0.717, 1.165) is 25.7 Å². The molecule has 1 saturated heterocycles. The number of carbonyl (C=O) groups excluding carboxylic acids is 1. The van der Waals surface area contributed by atoms with Crippen molar-refractivity contribution >= 4 is 11.9 Å². The first-order valence-electron chi connectivity index (χ1n) is 6.07. The number of carbonyl (C=O) groups is 1. The van der Waals surface area contributed by atoms with Crippen LogP contribution in [0.2, 0.25) is 0 Å². The van der Waals surface area contributed by atoms with E-state index in [-0.39, 0.29) is 11.7 Å². The molecule has 1 aliphatic heterocycles. The molecule has 5 nitrogen and oxygen atoms in total. The molecule has 1 aliphatic carbocycles. The molecule has 0 N–H and O–H groups in total. The van der Waals surface area contributed by atoms with E-state index < -0.39 is 0 Å². The summed E-state index contributed by atoms with van der Waals surface area (Å²) in [4.78, 5) is 13.5. The van der Waals surface area contributed by atoms with Crippen LogP contribution in [-0.2, 0) is 4.74 Å². The summed E-state index contributed by atoms with van der Waals surface area (Å²) in [6.07, 6.45) is 6.77. The maximum atomic E-state index is 11.9.